The van der Waals surface area contributed by atoms with Gasteiger partial charge in [-0.25, -0.2) is 4.39 Å². The molecule has 0 radical (unpaired) electrons. The number of H-pyrrole nitrogens is 1. The molecule has 0 saturated carbocycles. The lowest BCUT2D eigenvalue weighted by atomic mass is 10.1. The highest BCUT2D eigenvalue weighted by Gasteiger charge is 2.20. The molecule has 4 aromatic rings. The minimum absolute atomic E-state index is 0.132. The largest absolute Gasteiger partial charge is 0.463 e. The van der Waals surface area contributed by atoms with E-state index in [1.165, 1.54) is 12.1 Å². The average molecular weight is 464 g/mol. The van der Waals surface area contributed by atoms with Gasteiger partial charge >= 0.3 is 0 Å². The van der Waals surface area contributed by atoms with Crippen LogP contribution in [0.5, 0.6) is 0 Å². The van der Waals surface area contributed by atoms with Gasteiger partial charge in [0.2, 0.25) is 17.8 Å². The number of nitrogens with zero attached hydrogens (tertiary/aromatic N) is 6. The smallest absolute Gasteiger partial charge is 0.235 e. The second kappa shape index (κ2) is 9.48. The van der Waals surface area contributed by atoms with Crippen LogP contribution in [0.15, 0.2) is 53.1 Å². The summed E-state index contributed by atoms with van der Waals surface area (Å²) in [6.07, 6.45) is 1.61. The Bertz CT molecular complexity index is 1220. The molecule has 1 saturated heterocycles. The molecule has 10 nitrogen and oxygen atoms in total. The van der Waals surface area contributed by atoms with Gasteiger partial charge in [0.15, 0.2) is 11.6 Å². The predicted molar refractivity (Wildman–Crippen MR) is 128 cm³/mol. The van der Waals surface area contributed by atoms with Gasteiger partial charge in [-0.15, -0.1) is 0 Å². The summed E-state index contributed by atoms with van der Waals surface area (Å²) in [5.41, 5.74) is 1.66. The van der Waals surface area contributed by atoms with Gasteiger partial charge in [0.1, 0.15) is 11.5 Å². The minimum atomic E-state index is -0.270. The third-order valence-electron chi connectivity index (χ3n) is 5.73. The lowest BCUT2D eigenvalue weighted by Gasteiger charge is -2.32. The zero-order chi connectivity index (χ0) is 23.5. The van der Waals surface area contributed by atoms with Crippen molar-refractivity contribution in [3.8, 4) is 11.5 Å². The molecule has 34 heavy (non-hydrogen) atoms. The molecule has 1 atom stereocenters. The molecule has 3 aromatic heterocycles. The molecule has 0 amide bonds. The Hall–Kier alpha value is -3.99. The van der Waals surface area contributed by atoms with Gasteiger partial charge in [0.25, 0.3) is 0 Å². The van der Waals surface area contributed by atoms with Crippen molar-refractivity contribution in [2.45, 2.75) is 13.0 Å². The number of benzene rings is 1. The van der Waals surface area contributed by atoms with Crippen LogP contribution >= 0.6 is 0 Å². The molecule has 0 aliphatic carbocycles. The van der Waals surface area contributed by atoms with Crippen molar-refractivity contribution < 1.29 is 8.81 Å². The molecule has 4 heterocycles. The van der Waals surface area contributed by atoms with Gasteiger partial charge in [0, 0.05) is 32.2 Å². The van der Waals surface area contributed by atoms with Gasteiger partial charge in [-0.1, -0.05) is 12.1 Å². The van der Waals surface area contributed by atoms with Gasteiger partial charge in [-0.2, -0.15) is 20.1 Å². The molecule has 3 N–H and O–H groups in total. The zero-order valence-electron chi connectivity index (χ0n) is 19.0. The van der Waals surface area contributed by atoms with Crippen LogP contribution in [-0.2, 0) is 0 Å². The molecular weight excluding hydrogens is 437 g/mol. The lowest BCUT2D eigenvalue weighted by molar-refractivity contribution is 0.311. The van der Waals surface area contributed by atoms with Gasteiger partial charge < -0.3 is 24.9 Å². The number of likely N-dealkylation sites (N-methyl/N-ethyl adjacent to an activating group) is 1. The predicted octanol–water partition coefficient (Wildman–Crippen LogP) is 3.66. The summed E-state index contributed by atoms with van der Waals surface area (Å²) in [7, 11) is 2.10. The van der Waals surface area contributed by atoms with E-state index >= 15 is 0 Å². The fraction of sp³-hybridized carbons (Fsp3) is 0.304. The molecule has 11 heteroatoms. The lowest BCUT2D eigenvalue weighted by Crippen LogP contribution is -2.45. The van der Waals surface area contributed by atoms with Crippen LogP contribution in [0.25, 0.3) is 11.5 Å². The Balaban J connectivity index is 1.40. The topological polar surface area (TPSA) is 111 Å². The van der Waals surface area contributed by atoms with Crippen LogP contribution < -0.4 is 15.5 Å². The van der Waals surface area contributed by atoms with E-state index in [-0.39, 0.29) is 11.9 Å². The van der Waals surface area contributed by atoms with Crippen LogP contribution in [0.3, 0.4) is 0 Å². The van der Waals surface area contributed by atoms with Crippen LogP contribution in [0.4, 0.5) is 28.1 Å². The van der Waals surface area contributed by atoms with Crippen LogP contribution in [0.2, 0.25) is 0 Å². The van der Waals surface area contributed by atoms with E-state index in [2.05, 4.69) is 52.6 Å². The number of rotatable bonds is 7. The fourth-order valence-electron chi connectivity index (χ4n) is 3.72. The molecule has 1 fully saturated rings. The number of hydrogen-bond acceptors (Lipinski definition) is 9. The molecule has 1 aliphatic heterocycles. The molecule has 1 aromatic carbocycles. The van der Waals surface area contributed by atoms with Crippen molar-refractivity contribution in [1.29, 1.82) is 0 Å². The number of piperazine rings is 1. The first-order chi connectivity index (χ1) is 16.5. The van der Waals surface area contributed by atoms with E-state index in [1.54, 1.807) is 18.4 Å². The maximum Gasteiger partial charge on any atom is 0.235 e. The van der Waals surface area contributed by atoms with E-state index < -0.39 is 0 Å². The summed E-state index contributed by atoms with van der Waals surface area (Å²) in [5, 5.41) is 13.7. The van der Waals surface area contributed by atoms with E-state index in [0.717, 1.165) is 37.4 Å². The van der Waals surface area contributed by atoms with Crippen LogP contribution in [0.1, 0.15) is 18.5 Å². The molecular formula is C23H26FN9O. The fourth-order valence-corrected chi connectivity index (χ4v) is 3.72. The third-order valence-corrected chi connectivity index (χ3v) is 5.73. The minimum Gasteiger partial charge on any atom is -0.463 e. The number of anilines is 4. The quantitative estimate of drug-likeness (QED) is 0.378. The van der Waals surface area contributed by atoms with E-state index in [4.69, 9.17) is 4.42 Å². The Kier molecular flexibility index (Phi) is 6.09. The van der Waals surface area contributed by atoms with Gasteiger partial charge in [0.05, 0.1) is 12.3 Å². The Morgan fingerprint density at radius 3 is 2.53 bits per heavy atom. The molecule has 176 valence electrons. The molecule has 0 unspecified atom stereocenters. The average Bonchev–Trinajstić information content (AvgIpc) is 3.52. The monoisotopic (exact) mass is 463 g/mol. The number of aromatic amines is 1. The molecule has 5 rings (SSSR count). The Morgan fingerprint density at radius 2 is 1.79 bits per heavy atom. The van der Waals surface area contributed by atoms with Crippen molar-refractivity contribution in [2.24, 2.45) is 0 Å². The first kappa shape index (κ1) is 21.8. The number of hydrogen-bond donors (Lipinski definition) is 3. The van der Waals surface area contributed by atoms with E-state index in [0.29, 0.717) is 29.4 Å². The summed E-state index contributed by atoms with van der Waals surface area (Å²) >= 11 is 0. The highest BCUT2D eigenvalue weighted by atomic mass is 19.1. The normalized spacial score (nSPS) is 15.3. The maximum atomic E-state index is 13.3. The Labute approximate surface area is 196 Å². The second-order valence-electron chi connectivity index (χ2n) is 8.26. The summed E-state index contributed by atoms with van der Waals surface area (Å²) in [4.78, 5) is 18.3. The SMILES string of the molecule is C[C@H](Nc1nc(Nc2cc(-c3ccco3)[nH]n2)nc(N2CCN(C)CC2)n1)c1ccc(F)cc1. The van der Waals surface area contributed by atoms with Gasteiger partial charge in [-0.05, 0) is 43.8 Å². The van der Waals surface area contributed by atoms with Crippen molar-refractivity contribution >= 4 is 23.7 Å². The number of nitrogens with one attached hydrogen (secondary N) is 3. The summed E-state index contributed by atoms with van der Waals surface area (Å²) in [6, 6.07) is 11.7. The highest BCUT2D eigenvalue weighted by Crippen LogP contribution is 2.24. The number of furan rings is 1. The standard InChI is InChI=1S/C23H26FN9O/c1-15(16-5-7-17(24)8-6-16)25-21-27-22(29-23(28-21)33-11-9-32(2)10-12-33)26-20-14-18(30-31-20)19-4-3-13-34-19/h3-8,13-15H,9-12H2,1-2H3,(H3,25,26,27,28,29,30,31)/t15-/m0/s1. The van der Waals surface area contributed by atoms with Crippen molar-refractivity contribution in [2.75, 3.05) is 48.8 Å². The third kappa shape index (κ3) is 4.99. The molecule has 0 bridgehead atoms. The second-order valence-corrected chi connectivity index (χ2v) is 8.26. The van der Waals surface area contributed by atoms with Crippen LogP contribution in [-0.4, -0.2) is 63.3 Å². The number of aromatic nitrogens is 5. The van der Waals surface area contributed by atoms with Crippen LogP contribution in [0, 0.1) is 5.82 Å². The maximum absolute atomic E-state index is 13.3. The summed E-state index contributed by atoms with van der Waals surface area (Å²) < 4.78 is 18.7. The van der Waals surface area contributed by atoms with Crippen molar-refractivity contribution in [3.63, 3.8) is 0 Å². The Morgan fingerprint density at radius 1 is 1.03 bits per heavy atom. The van der Waals surface area contributed by atoms with Crippen molar-refractivity contribution in [1.82, 2.24) is 30.0 Å². The van der Waals surface area contributed by atoms with E-state index in [1.807, 2.05) is 25.1 Å². The number of halogens is 1. The molecule has 1 aliphatic rings. The molecule has 0 spiro atoms. The highest BCUT2D eigenvalue weighted by molar-refractivity contribution is 5.61. The summed E-state index contributed by atoms with van der Waals surface area (Å²) in [6.45, 7) is 5.46. The first-order valence-electron chi connectivity index (χ1n) is 11.1. The zero-order valence-corrected chi connectivity index (χ0v) is 19.0. The van der Waals surface area contributed by atoms with Gasteiger partial charge in [-0.3, -0.25) is 5.10 Å². The first-order valence-corrected chi connectivity index (χ1v) is 11.1. The van der Waals surface area contributed by atoms with Crippen molar-refractivity contribution in [3.05, 3.63) is 60.1 Å². The summed E-state index contributed by atoms with van der Waals surface area (Å²) in [5.74, 6) is 2.35. The van der Waals surface area contributed by atoms with E-state index in [9.17, 15) is 4.39 Å².